The van der Waals surface area contributed by atoms with Crippen LogP contribution in [0.2, 0.25) is 0 Å². The van der Waals surface area contributed by atoms with Gasteiger partial charge in [-0.1, -0.05) is 0 Å². The van der Waals surface area contributed by atoms with Gasteiger partial charge in [0.15, 0.2) is 0 Å². The number of nitrogens with zero attached hydrogens (tertiary/aromatic N) is 2. The van der Waals surface area contributed by atoms with Crippen LogP contribution in [0, 0.1) is 10.1 Å². The van der Waals surface area contributed by atoms with Gasteiger partial charge in [-0.3, -0.25) is 14.9 Å². The summed E-state index contributed by atoms with van der Waals surface area (Å²) in [5, 5.41) is 11.2. The largest absolute Gasteiger partial charge is 0.467 e. The summed E-state index contributed by atoms with van der Waals surface area (Å²) in [5.41, 5.74) is 5.23. The lowest BCUT2D eigenvalue weighted by molar-refractivity contribution is -0.384. The van der Waals surface area contributed by atoms with Crippen LogP contribution in [-0.4, -0.2) is 36.5 Å². The second-order valence-electron chi connectivity index (χ2n) is 4.70. The maximum atomic E-state index is 11.7. The molecule has 0 aliphatic carbocycles. The summed E-state index contributed by atoms with van der Waals surface area (Å²) in [4.78, 5) is 35.1. The highest BCUT2D eigenvalue weighted by molar-refractivity contribution is 5.94. The Labute approximate surface area is 120 Å². The van der Waals surface area contributed by atoms with Crippen LogP contribution >= 0.6 is 0 Å². The van der Waals surface area contributed by atoms with Crippen LogP contribution in [0.15, 0.2) is 18.2 Å². The van der Waals surface area contributed by atoms with Gasteiger partial charge in [0.05, 0.1) is 12.0 Å². The molecular weight excluding hydrogens is 278 g/mol. The number of esters is 1. The van der Waals surface area contributed by atoms with E-state index in [1.807, 2.05) is 0 Å². The number of hydrogen-bond donors (Lipinski definition) is 1. The number of primary amides is 1. The van der Waals surface area contributed by atoms with E-state index in [4.69, 9.17) is 10.5 Å². The Kier molecular flexibility index (Phi) is 4.06. The number of anilines is 1. The lowest BCUT2D eigenvalue weighted by Gasteiger charge is -2.24. The van der Waals surface area contributed by atoms with Gasteiger partial charge in [0.1, 0.15) is 11.7 Å². The summed E-state index contributed by atoms with van der Waals surface area (Å²) in [6.45, 7) is 0.510. The van der Waals surface area contributed by atoms with Crippen molar-refractivity contribution in [2.75, 3.05) is 18.6 Å². The molecule has 8 heteroatoms. The first-order valence-electron chi connectivity index (χ1n) is 6.38. The van der Waals surface area contributed by atoms with Gasteiger partial charge in [-0.15, -0.1) is 0 Å². The quantitative estimate of drug-likeness (QED) is 0.499. The Bertz CT molecular complexity index is 601. The Morgan fingerprint density at radius 3 is 2.76 bits per heavy atom. The Morgan fingerprint density at radius 2 is 2.19 bits per heavy atom. The number of hydrogen-bond acceptors (Lipinski definition) is 6. The van der Waals surface area contributed by atoms with E-state index in [9.17, 15) is 19.7 Å². The number of rotatable bonds is 4. The highest BCUT2D eigenvalue weighted by atomic mass is 16.6. The van der Waals surface area contributed by atoms with E-state index in [0.29, 0.717) is 13.0 Å². The lowest BCUT2D eigenvalue weighted by atomic mass is 10.1. The molecule has 0 spiro atoms. The van der Waals surface area contributed by atoms with E-state index in [1.165, 1.54) is 19.2 Å². The van der Waals surface area contributed by atoms with Gasteiger partial charge in [-0.25, -0.2) is 4.79 Å². The standard InChI is InChI=1S/C13H15N3O5/c1-21-13(18)10-3-2-6-15(10)9-5-4-8(12(14)17)7-11(9)16(19)20/h4-5,7,10H,2-3,6H2,1H3,(H2,14,17). The van der Waals surface area contributed by atoms with Crippen LogP contribution in [0.3, 0.4) is 0 Å². The molecule has 1 saturated heterocycles. The number of carbonyl (C=O) groups excluding carboxylic acids is 2. The third-order valence-electron chi connectivity index (χ3n) is 3.49. The maximum Gasteiger partial charge on any atom is 0.328 e. The number of nitro benzene ring substituents is 1. The fourth-order valence-corrected chi connectivity index (χ4v) is 2.50. The summed E-state index contributed by atoms with van der Waals surface area (Å²) in [7, 11) is 1.28. The van der Waals surface area contributed by atoms with E-state index in [-0.39, 0.29) is 16.9 Å². The minimum absolute atomic E-state index is 0.0549. The summed E-state index contributed by atoms with van der Waals surface area (Å²) in [5.74, 6) is -1.17. The molecule has 21 heavy (non-hydrogen) atoms. The van der Waals surface area contributed by atoms with Crippen molar-refractivity contribution in [3.05, 3.63) is 33.9 Å². The summed E-state index contributed by atoms with van der Waals surface area (Å²) in [6.07, 6.45) is 1.30. The van der Waals surface area contributed by atoms with E-state index in [0.717, 1.165) is 12.5 Å². The van der Waals surface area contributed by atoms with Crippen LogP contribution in [0.25, 0.3) is 0 Å². The molecule has 8 nitrogen and oxygen atoms in total. The average molecular weight is 293 g/mol. The number of nitrogens with two attached hydrogens (primary N) is 1. The highest BCUT2D eigenvalue weighted by Gasteiger charge is 2.35. The molecule has 1 aromatic rings. The molecule has 0 saturated carbocycles. The molecule has 1 atom stereocenters. The fraction of sp³-hybridized carbons (Fsp3) is 0.385. The predicted molar refractivity (Wildman–Crippen MR) is 74.0 cm³/mol. The Balaban J connectivity index is 2.45. The van der Waals surface area contributed by atoms with Crippen molar-refractivity contribution in [3.63, 3.8) is 0 Å². The van der Waals surface area contributed by atoms with Crippen molar-refractivity contribution in [2.24, 2.45) is 5.73 Å². The Hall–Kier alpha value is -2.64. The number of amides is 1. The number of benzene rings is 1. The fourth-order valence-electron chi connectivity index (χ4n) is 2.50. The van der Waals surface area contributed by atoms with Crippen molar-refractivity contribution < 1.29 is 19.2 Å². The monoisotopic (exact) mass is 293 g/mol. The molecule has 1 aromatic carbocycles. The van der Waals surface area contributed by atoms with Gasteiger partial charge >= 0.3 is 5.97 Å². The van der Waals surface area contributed by atoms with Gasteiger partial charge in [-0.05, 0) is 25.0 Å². The number of methoxy groups -OCH3 is 1. The SMILES string of the molecule is COC(=O)C1CCCN1c1ccc(C(N)=O)cc1[N+](=O)[O-]. The van der Waals surface area contributed by atoms with Crippen LogP contribution in [0.4, 0.5) is 11.4 Å². The highest BCUT2D eigenvalue weighted by Crippen LogP contribution is 2.34. The molecule has 2 rings (SSSR count). The number of nitro groups is 1. The first kappa shape index (κ1) is 14.8. The predicted octanol–water partition coefficient (Wildman–Crippen LogP) is 0.836. The van der Waals surface area contributed by atoms with Crippen molar-refractivity contribution in [1.29, 1.82) is 0 Å². The molecule has 0 aromatic heterocycles. The second kappa shape index (κ2) is 5.78. The molecular formula is C13H15N3O5. The molecule has 1 unspecified atom stereocenters. The van der Waals surface area contributed by atoms with E-state index >= 15 is 0 Å². The van der Waals surface area contributed by atoms with Gasteiger partial charge in [0.25, 0.3) is 5.69 Å². The van der Waals surface area contributed by atoms with Crippen molar-refractivity contribution in [2.45, 2.75) is 18.9 Å². The smallest absolute Gasteiger partial charge is 0.328 e. The third-order valence-corrected chi connectivity index (χ3v) is 3.49. The van der Waals surface area contributed by atoms with Crippen LogP contribution < -0.4 is 10.6 Å². The summed E-state index contributed by atoms with van der Waals surface area (Å²) >= 11 is 0. The molecule has 1 aliphatic heterocycles. The minimum Gasteiger partial charge on any atom is -0.467 e. The zero-order valence-corrected chi connectivity index (χ0v) is 11.4. The molecule has 0 radical (unpaired) electrons. The van der Waals surface area contributed by atoms with E-state index in [1.54, 1.807) is 4.90 Å². The third kappa shape index (κ3) is 2.78. The van der Waals surface area contributed by atoms with E-state index < -0.39 is 22.8 Å². The van der Waals surface area contributed by atoms with Gasteiger partial charge in [0.2, 0.25) is 5.91 Å². The second-order valence-corrected chi connectivity index (χ2v) is 4.70. The zero-order valence-electron chi connectivity index (χ0n) is 11.4. The number of ether oxygens (including phenoxy) is 1. The van der Waals surface area contributed by atoms with Crippen LogP contribution in [-0.2, 0) is 9.53 Å². The lowest BCUT2D eigenvalue weighted by Crippen LogP contribution is -2.37. The number of carbonyl (C=O) groups is 2. The molecule has 112 valence electrons. The van der Waals surface area contributed by atoms with Gasteiger partial charge < -0.3 is 15.4 Å². The van der Waals surface area contributed by atoms with E-state index in [2.05, 4.69) is 0 Å². The normalized spacial score (nSPS) is 17.6. The molecule has 2 N–H and O–H groups in total. The maximum absolute atomic E-state index is 11.7. The van der Waals surface area contributed by atoms with Crippen molar-refractivity contribution in [1.82, 2.24) is 0 Å². The molecule has 1 heterocycles. The summed E-state index contributed by atoms with van der Waals surface area (Å²) < 4.78 is 4.72. The first-order valence-corrected chi connectivity index (χ1v) is 6.38. The zero-order chi connectivity index (χ0) is 15.6. The molecule has 0 bridgehead atoms. The van der Waals surface area contributed by atoms with Gasteiger partial charge in [0, 0.05) is 18.2 Å². The van der Waals surface area contributed by atoms with Crippen molar-refractivity contribution in [3.8, 4) is 0 Å². The first-order chi connectivity index (χ1) is 9.95. The molecule has 1 fully saturated rings. The minimum atomic E-state index is -0.740. The van der Waals surface area contributed by atoms with Crippen LogP contribution in [0.1, 0.15) is 23.2 Å². The average Bonchev–Trinajstić information content (AvgIpc) is 2.94. The molecule has 1 aliphatic rings. The summed E-state index contributed by atoms with van der Waals surface area (Å²) in [6, 6.07) is 3.44. The van der Waals surface area contributed by atoms with Gasteiger partial charge in [-0.2, -0.15) is 0 Å². The molecule has 1 amide bonds. The Morgan fingerprint density at radius 1 is 1.48 bits per heavy atom. The topological polar surface area (TPSA) is 116 Å². The van der Waals surface area contributed by atoms with Crippen LogP contribution in [0.5, 0.6) is 0 Å². The van der Waals surface area contributed by atoms with Crippen molar-refractivity contribution >= 4 is 23.3 Å².